The van der Waals surface area contributed by atoms with Gasteiger partial charge < -0.3 is 31.3 Å². The number of rotatable bonds is 3. The Kier molecular flexibility index (Phi) is 7.45. The van der Waals surface area contributed by atoms with Gasteiger partial charge in [-0.2, -0.15) is 0 Å². The zero-order valence-electron chi connectivity index (χ0n) is 23.3. The molecule has 0 spiro atoms. The second kappa shape index (κ2) is 9.78. The molecule has 0 aromatic heterocycles. The van der Waals surface area contributed by atoms with E-state index in [2.05, 4.69) is 25.8 Å². The van der Waals surface area contributed by atoms with E-state index in [1.54, 1.807) is 6.92 Å². The van der Waals surface area contributed by atoms with E-state index in [1.165, 1.54) is 90.4 Å². The van der Waals surface area contributed by atoms with E-state index in [1.807, 2.05) is 0 Å². The number of aliphatic hydroxyl groups is 1. The Morgan fingerprint density at radius 3 is 2.33 bits per heavy atom. The van der Waals surface area contributed by atoms with Crippen LogP contribution in [0, 0.1) is 34.5 Å². The predicted octanol–water partition coefficient (Wildman–Crippen LogP) is 1.62. The largest absolute Gasteiger partial charge is 1.00 e. The SMILES string of the molecule is CC(=O)O[C@@H]1[C@@H]([N+]2(C)CCCC2)C[C@H]2[C@@H]3CC[C@H]4C[C@H](O)[C@@H](N5CCCC5)C[C@]4(C)[C@H]3CC[C@]12C.[Br-]. The summed E-state index contributed by atoms with van der Waals surface area (Å²) >= 11 is 0. The molecule has 0 unspecified atom stereocenters. The van der Waals surface area contributed by atoms with Crippen LogP contribution in [0.4, 0.5) is 0 Å². The molecule has 1 N–H and O–H groups in total. The second-order valence-electron chi connectivity index (χ2n) is 14.5. The van der Waals surface area contributed by atoms with Gasteiger partial charge in [-0.05, 0) is 93.5 Å². The molecule has 2 aliphatic heterocycles. The maximum Gasteiger partial charge on any atom is 0.303 e. The fraction of sp³-hybridized carbons (Fsp3) is 0.967. The molecule has 6 heteroatoms. The van der Waals surface area contributed by atoms with Crippen LogP contribution in [-0.4, -0.2) is 78.0 Å². The first-order valence-corrected chi connectivity index (χ1v) is 15.1. The lowest BCUT2D eigenvalue weighted by molar-refractivity contribution is -0.924. The second-order valence-corrected chi connectivity index (χ2v) is 14.5. The molecular weight excluding hydrogens is 516 g/mol. The van der Waals surface area contributed by atoms with Crippen molar-refractivity contribution in [1.29, 1.82) is 0 Å². The third-order valence-corrected chi connectivity index (χ3v) is 12.9. The summed E-state index contributed by atoms with van der Waals surface area (Å²) in [7, 11) is 2.45. The molecule has 5 nitrogen and oxygen atoms in total. The molecule has 36 heavy (non-hydrogen) atoms. The van der Waals surface area contributed by atoms with Crippen molar-refractivity contribution < 1.29 is 36.1 Å². The van der Waals surface area contributed by atoms with E-state index in [0.29, 0.717) is 29.3 Å². The van der Waals surface area contributed by atoms with Crippen molar-refractivity contribution in [3.8, 4) is 0 Å². The first-order valence-electron chi connectivity index (χ1n) is 15.1. The van der Waals surface area contributed by atoms with E-state index in [4.69, 9.17) is 4.74 Å². The van der Waals surface area contributed by atoms with Gasteiger partial charge >= 0.3 is 5.97 Å². The van der Waals surface area contributed by atoms with Gasteiger partial charge in [-0.3, -0.25) is 9.69 Å². The van der Waals surface area contributed by atoms with Gasteiger partial charge in [-0.15, -0.1) is 0 Å². The van der Waals surface area contributed by atoms with Crippen LogP contribution in [0.5, 0.6) is 0 Å². The van der Waals surface area contributed by atoms with Crippen LogP contribution in [0.3, 0.4) is 0 Å². The van der Waals surface area contributed by atoms with Gasteiger partial charge in [0.25, 0.3) is 0 Å². The summed E-state index contributed by atoms with van der Waals surface area (Å²) in [5.74, 6) is 2.77. The lowest BCUT2D eigenvalue weighted by atomic mass is 9.44. The molecule has 0 amide bonds. The highest BCUT2D eigenvalue weighted by Crippen LogP contribution is 2.67. The number of nitrogens with zero attached hydrogens (tertiary/aromatic N) is 2. The van der Waals surface area contributed by atoms with Gasteiger partial charge in [-0.1, -0.05) is 13.8 Å². The highest BCUT2D eigenvalue weighted by Gasteiger charge is 2.67. The van der Waals surface area contributed by atoms with Crippen molar-refractivity contribution >= 4 is 5.97 Å². The van der Waals surface area contributed by atoms with E-state index in [-0.39, 0.29) is 40.6 Å². The van der Waals surface area contributed by atoms with E-state index in [0.717, 1.165) is 22.7 Å². The fourth-order valence-electron chi connectivity index (χ4n) is 11.1. The number of aliphatic hydroxyl groups excluding tert-OH is 1. The molecule has 6 rings (SSSR count). The Balaban J connectivity index is 0.00000267. The number of hydrogen-bond donors (Lipinski definition) is 1. The number of likely N-dealkylation sites (N-methyl/N-ethyl adjacent to an activating group) is 1. The molecule has 4 saturated carbocycles. The van der Waals surface area contributed by atoms with Crippen LogP contribution in [-0.2, 0) is 9.53 Å². The van der Waals surface area contributed by atoms with E-state index in [9.17, 15) is 9.90 Å². The van der Waals surface area contributed by atoms with Gasteiger partial charge in [0.1, 0.15) is 6.04 Å². The molecule has 0 aromatic carbocycles. The first-order chi connectivity index (χ1) is 16.7. The number of halogens is 1. The minimum atomic E-state index is -0.139. The fourth-order valence-corrected chi connectivity index (χ4v) is 11.1. The summed E-state index contributed by atoms with van der Waals surface area (Å²) < 4.78 is 7.41. The number of fused-ring (bicyclic) bond motifs is 5. The van der Waals surface area contributed by atoms with Gasteiger partial charge in [0, 0.05) is 37.6 Å². The van der Waals surface area contributed by atoms with Crippen LogP contribution in [0.1, 0.15) is 91.4 Å². The van der Waals surface area contributed by atoms with Gasteiger partial charge in [-0.25, -0.2) is 0 Å². The van der Waals surface area contributed by atoms with E-state index < -0.39 is 0 Å². The molecule has 0 aromatic rings. The quantitative estimate of drug-likeness (QED) is 0.416. The average molecular weight is 568 g/mol. The van der Waals surface area contributed by atoms with Gasteiger partial charge in [0.15, 0.2) is 6.10 Å². The lowest BCUT2D eigenvalue weighted by Gasteiger charge is -2.62. The van der Waals surface area contributed by atoms with Crippen LogP contribution >= 0.6 is 0 Å². The molecule has 4 aliphatic carbocycles. The summed E-state index contributed by atoms with van der Waals surface area (Å²) in [4.78, 5) is 15.0. The standard InChI is InChI=1S/C30H51N2O3.BrH/c1-20(33)35-28-26(32(4)15-7-8-16-32)18-24-22-10-9-21-17-27(34)25(31-13-5-6-14-31)19-30(21,3)23(22)11-12-29(24,28)2;/h21-28,34H,5-19H2,1-4H3;1H/q+1;/p-1/t21-,22+,23-,24-,25-,26-,27-,28+,29-,30-;/m0./s1. The number of likely N-dealkylation sites (tertiary alicyclic amines) is 2. The van der Waals surface area contributed by atoms with Crippen molar-refractivity contribution in [2.24, 2.45) is 34.5 Å². The summed E-state index contributed by atoms with van der Waals surface area (Å²) in [6, 6.07) is 0.830. The number of ether oxygens (including phenoxy) is 1. The zero-order chi connectivity index (χ0) is 24.6. The molecular formula is C30H51BrN2O3. The van der Waals surface area contributed by atoms with Crippen LogP contribution in [0.25, 0.3) is 0 Å². The molecule has 0 bridgehead atoms. The van der Waals surface area contributed by atoms with E-state index >= 15 is 0 Å². The van der Waals surface area contributed by atoms with Crippen LogP contribution in [0.15, 0.2) is 0 Å². The molecule has 2 heterocycles. The smallest absolute Gasteiger partial charge is 0.303 e. The Morgan fingerprint density at radius 2 is 1.67 bits per heavy atom. The van der Waals surface area contributed by atoms with Crippen molar-refractivity contribution in [2.75, 3.05) is 33.2 Å². The van der Waals surface area contributed by atoms with Gasteiger partial charge in [0.05, 0.1) is 26.2 Å². The van der Waals surface area contributed by atoms with Crippen molar-refractivity contribution in [3.63, 3.8) is 0 Å². The number of hydrogen-bond acceptors (Lipinski definition) is 4. The predicted molar refractivity (Wildman–Crippen MR) is 138 cm³/mol. The number of carbonyl (C=O) groups is 1. The highest BCUT2D eigenvalue weighted by molar-refractivity contribution is 5.66. The summed E-state index contributed by atoms with van der Waals surface area (Å²) in [5.41, 5.74) is 0.463. The Bertz CT molecular complexity index is 827. The minimum Gasteiger partial charge on any atom is -1.00 e. The Morgan fingerprint density at radius 1 is 0.972 bits per heavy atom. The Labute approximate surface area is 230 Å². The summed E-state index contributed by atoms with van der Waals surface area (Å²) in [6.07, 6.45) is 13.7. The lowest BCUT2D eigenvalue weighted by Crippen LogP contribution is -3.00. The topological polar surface area (TPSA) is 49.8 Å². The molecule has 10 atom stereocenters. The van der Waals surface area contributed by atoms with Crippen molar-refractivity contribution in [1.82, 2.24) is 4.90 Å². The summed E-state index contributed by atoms with van der Waals surface area (Å²) in [6.45, 7) is 11.6. The molecule has 2 saturated heterocycles. The molecule has 206 valence electrons. The van der Waals surface area contributed by atoms with Crippen LogP contribution in [0.2, 0.25) is 0 Å². The number of quaternary nitrogens is 1. The number of carbonyl (C=O) groups excluding carboxylic acids is 1. The van der Waals surface area contributed by atoms with Crippen molar-refractivity contribution in [2.45, 2.75) is 116 Å². The van der Waals surface area contributed by atoms with Crippen molar-refractivity contribution in [3.05, 3.63) is 0 Å². The normalized spacial score (nSPS) is 50.0. The number of esters is 1. The first kappa shape index (κ1) is 27.4. The Hall–Kier alpha value is -0.170. The molecule has 6 fully saturated rings. The third kappa shape index (κ3) is 4.14. The third-order valence-electron chi connectivity index (χ3n) is 12.9. The maximum atomic E-state index is 12.3. The summed E-state index contributed by atoms with van der Waals surface area (Å²) in [5, 5.41) is 11.2. The monoisotopic (exact) mass is 566 g/mol. The minimum absolute atomic E-state index is 0. The average Bonchev–Trinajstić information content (AvgIpc) is 3.54. The van der Waals surface area contributed by atoms with Gasteiger partial charge in [0.2, 0.25) is 0 Å². The highest BCUT2D eigenvalue weighted by atomic mass is 79.9. The molecule has 6 aliphatic rings. The maximum absolute atomic E-state index is 12.3. The molecule has 0 radical (unpaired) electrons. The zero-order valence-corrected chi connectivity index (χ0v) is 24.8. The van der Waals surface area contributed by atoms with Crippen LogP contribution < -0.4 is 17.0 Å².